The minimum Gasteiger partial charge on any atom is -0.399 e. The Bertz CT molecular complexity index is 752. The zero-order chi connectivity index (χ0) is 13.9. The second-order valence-electron chi connectivity index (χ2n) is 4.46. The molecule has 3 rings (SSSR count). The number of carbonyl (C=O) groups is 1. The van der Waals surface area contributed by atoms with E-state index in [0.717, 1.165) is 15.8 Å². The molecule has 1 amide bonds. The molecule has 20 heavy (non-hydrogen) atoms. The van der Waals surface area contributed by atoms with Crippen LogP contribution in [0.1, 0.15) is 5.56 Å². The minimum absolute atomic E-state index is 0.0665. The number of nitrogen functional groups attached to an aromatic ring is 1. The molecule has 3 N–H and O–H groups in total. The lowest BCUT2D eigenvalue weighted by atomic mass is 10.1. The molecule has 0 radical (unpaired) electrons. The first-order valence-electron chi connectivity index (χ1n) is 6.20. The molecule has 0 atom stereocenters. The molecule has 0 aliphatic carbocycles. The molecule has 0 saturated carbocycles. The standard InChI is InChI=1S/C15H13N3OS/c16-11-6-7-12-13(9-11)20-15(17-12)18-14(19)8-10-4-2-1-3-5-10/h1-7,9H,8,16H2,(H,17,18,19). The number of anilines is 2. The fourth-order valence-corrected chi connectivity index (χ4v) is 2.87. The van der Waals surface area contributed by atoms with Crippen LogP contribution in [0.4, 0.5) is 10.8 Å². The van der Waals surface area contributed by atoms with E-state index in [2.05, 4.69) is 10.3 Å². The van der Waals surface area contributed by atoms with Gasteiger partial charge in [-0.05, 0) is 23.8 Å². The molecule has 1 aromatic heterocycles. The van der Waals surface area contributed by atoms with Crippen molar-refractivity contribution in [3.05, 3.63) is 54.1 Å². The summed E-state index contributed by atoms with van der Waals surface area (Å²) in [6.45, 7) is 0. The van der Waals surface area contributed by atoms with Gasteiger partial charge in [0.1, 0.15) is 0 Å². The Labute approximate surface area is 120 Å². The molecular weight excluding hydrogens is 270 g/mol. The van der Waals surface area contributed by atoms with Crippen LogP contribution in [0, 0.1) is 0 Å². The summed E-state index contributed by atoms with van der Waals surface area (Å²) in [4.78, 5) is 16.3. The van der Waals surface area contributed by atoms with Crippen molar-refractivity contribution >= 4 is 38.3 Å². The SMILES string of the molecule is Nc1ccc2nc(NC(=O)Cc3ccccc3)sc2c1. The van der Waals surface area contributed by atoms with Gasteiger partial charge in [0.25, 0.3) is 0 Å². The van der Waals surface area contributed by atoms with Crippen molar-refractivity contribution in [2.24, 2.45) is 0 Å². The Morgan fingerprint density at radius 1 is 1.20 bits per heavy atom. The maximum atomic E-state index is 12.0. The van der Waals surface area contributed by atoms with Gasteiger partial charge >= 0.3 is 0 Å². The van der Waals surface area contributed by atoms with Gasteiger partial charge in [-0.25, -0.2) is 4.98 Å². The van der Waals surface area contributed by atoms with Crippen molar-refractivity contribution in [2.45, 2.75) is 6.42 Å². The first kappa shape index (κ1) is 12.6. The number of fused-ring (bicyclic) bond motifs is 1. The summed E-state index contributed by atoms with van der Waals surface area (Å²) in [5.41, 5.74) is 8.25. The highest BCUT2D eigenvalue weighted by molar-refractivity contribution is 7.22. The van der Waals surface area contributed by atoms with Gasteiger partial charge in [0.15, 0.2) is 5.13 Å². The van der Waals surface area contributed by atoms with Gasteiger partial charge in [0.05, 0.1) is 16.6 Å². The highest BCUT2D eigenvalue weighted by Gasteiger charge is 2.08. The Kier molecular flexibility index (Phi) is 3.35. The molecule has 0 unspecified atom stereocenters. The monoisotopic (exact) mass is 283 g/mol. The quantitative estimate of drug-likeness (QED) is 0.726. The zero-order valence-corrected chi connectivity index (χ0v) is 11.5. The number of hydrogen-bond donors (Lipinski definition) is 2. The average molecular weight is 283 g/mol. The van der Waals surface area contributed by atoms with E-state index in [4.69, 9.17) is 5.73 Å². The third-order valence-corrected chi connectivity index (χ3v) is 3.80. The molecule has 3 aromatic rings. The second-order valence-corrected chi connectivity index (χ2v) is 5.49. The van der Waals surface area contributed by atoms with Crippen LogP contribution in [0.25, 0.3) is 10.2 Å². The van der Waals surface area contributed by atoms with Crippen molar-refractivity contribution in [1.29, 1.82) is 0 Å². The number of rotatable bonds is 3. The normalized spacial score (nSPS) is 10.6. The van der Waals surface area contributed by atoms with Crippen LogP contribution in [0.15, 0.2) is 48.5 Å². The number of amides is 1. The molecule has 4 nitrogen and oxygen atoms in total. The highest BCUT2D eigenvalue weighted by atomic mass is 32.1. The topological polar surface area (TPSA) is 68.0 Å². The minimum atomic E-state index is -0.0665. The Hall–Kier alpha value is -2.40. The van der Waals surface area contributed by atoms with E-state index >= 15 is 0 Å². The molecule has 0 aliphatic heterocycles. The number of nitrogens with zero attached hydrogens (tertiary/aromatic N) is 1. The van der Waals surface area contributed by atoms with Gasteiger partial charge in [0.2, 0.25) is 5.91 Å². The van der Waals surface area contributed by atoms with Crippen LogP contribution in [-0.2, 0) is 11.2 Å². The van der Waals surface area contributed by atoms with Crippen molar-refractivity contribution in [2.75, 3.05) is 11.1 Å². The van der Waals surface area contributed by atoms with Crippen molar-refractivity contribution in [3.8, 4) is 0 Å². The molecule has 0 spiro atoms. The third kappa shape index (κ3) is 2.78. The zero-order valence-electron chi connectivity index (χ0n) is 10.7. The lowest BCUT2D eigenvalue weighted by molar-refractivity contribution is -0.115. The first-order valence-corrected chi connectivity index (χ1v) is 7.02. The molecule has 0 bridgehead atoms. The van der Waals surface area contributed by atoms with Gasteiger partial charge in [-0.2, -0.15) is 0 Å². The molecule has 1 heterocycles. The predicted molar refractivity (Wildman–Crippen MR) is 82.8 cm³/mol. The van der Waals surface area contributed by atoms with E-state index in [0.29, 0.717) is 17.2 Å². The number of thiazole rings is 1. The van der Waals surface area contributed by atoms with E-state index in [1.54, 1.807) is 6.07 Å². The summed E-state index contributed by atoms with van der Waals surface area (Å²) in [6.07, 6.45) is 0.346. The molecular formula is C15H13N3OS. The molecule has 0 saturated heterocycles. The number of carbonyl (C=O) groups excluding carboxylic acids is 1. The lowest BCUT2D eigenvalue weighted by Gasteiger charge is -2.01. The number of benzene rings is 2. The van der Waals surface area contributed by atoms with Crippen LogP contribution < -0.4 is 11.1 Å². The summed E-state index contributed by atoms with van der Waals surface area (Å²) >= 11 is 1.43. The summed E-state index contributed by atoms with van der Waals surface area (Å²) < 4.78 is 0.972. The summed E-state index contributed by atoms with van der Waals surface area (Å²) in [6, 6.07) is 15.1. The molecule has 0 aliphatic rings. The van der Waals surface area contributed by atoms with E-state index < -0.39 is 0 Å². The van der Waals surface area contributed by atoms with Gasteiger partial charge in [-0.3, -0.25) is 4.79 Å². The maximum absolute atomic E-state index is 12.0. The van der Waals surface area contributed by atoms with Crippen molar-refractivity contribution in [3.63, 3.8) is 0 Å². The first-order chi connectivity index (χ1) is 9.70. The molecule has 0 fully saturated rings. The Morgan fingerprint density at radius 3 is 2.80 bits per heavy atom. The Balaban J connectivity index is 1.74. The maximum Gasteiger partial charge on any atom is 0.230 e. The molecule has 2 aromatic carbocycles. The molecule has 5 heteroatoms. The van der Waals surface area contributed by atoms with Crippen LogP contribution >= 0.6 is 11.3 Å². The van der Waals surface area contributed by atoms with E-state index in [1.807, 2.05) is 42.5 Å². The van der Waals surface area contributed by atoms with Crippen LogP contribution in [-0.4, -0.2) is 10.9 Å². The van der Waals surface area contributed by atoms with E-state index in [1.165, 1.54) is 11.3 Å². The van der Waals surface area contributed by atoms with Crippen LogP contribution in [0.5, 0.6) is 0 Å². The van der Waals surface area contributed by atoms with Crippen molar-refractivity contribution in [1.82, 2.24) is 4.98 Å². The number of nitrogens with two attached hydrogens (primary N) is 1. The van der Waals surface area contributed by atoms with Crippen LogP contribution in [0.2, 0.25) is 0 Å². The van der Waals surface area contributed by atoms with Crippen molar-refractivity contribution < 1.29 is 4.79 Å². The smallest absolute Gasteiger partial charge is 0.230 e. The summed E-state index contributed by atoms with van der Waals surface area (Å²) in [5.74, 6) is -0.0665. The number of aromatic nitrogens is 1. The van der Waals surface area contributed by atoms with Crippen LogP contribution in [0.3, 0.4) is 0 Å². The number of hydrogen-bond acceptors (Lipinski definition) is 4. The third-order valence-electron chi connectivity index (χ3n) is 2.87. The lowest BCUT2D eigenvalue weighted by Crippen LogP contribution is -2.13. The van der Waals surface area contributed by atoms with E-state index in [9.17, 15) is 4.79 Å². The molecule has 100 valence electrons. The highest BCUT2D eigenvalue weighted by Crippen LogP contribution is 2.27. The van der Waals surface area contributed by atoms with Gasteiger partial charge < -0.3 is 11.1 Å². The fraction of sp³-hybridized carbons (Fsp3) is 0.0667. The second kappa shape index (κ2) is 5.30. The number of nitrogens with one attached hydrogen (secondary N) is 1. The summed E-state index contributed by atoms with van der Waals surface area (Å²) in [5, 5.41) is 3.43. The van der Waals surface area contributed by atoms with Gasteiger partial charge in [-0.15, -0.1) is 0 Å². The Morgan fingerprint density at radius 2 is 2.00 bits per heavy atom. The van der Waals surface area contributed by atoms with Gasteiger partial charge in [0, 0.05) is 5.69 Å². The summed E-state index contributed by atoms with van der Waals surface area (Å²) in [7, 11) is 0. The largest absolute Gasteiger partial charge is 0.399 e. The average Bonchev–Trinajstić information content (AvgIpc) is 2.80. The fourth-order valence-electron chi connectivity index (χ4n) is 1.94. The van der Waals surface area contributed by atoms with E-state index in [-0.39, 0.29) is 5.91 Å². The van der Waals surface area contributed by atoms with Gasteiger partial charge in [-0.1, -0.05) is 41.7 Å². The predicted octanol–water partition coefficient (Wildman–Crippen LogP) is 3.06.